The molecule has 2 heterocycles. The predicted octanol–water partition coefficient (Wildman–Crippen LogP) is 3.68. The molecule has 0 spiro atoms. The summed E-state index contributed by atoms with van der Waals surface area (Å²) in [6.45, 7) is 1.11. The maximum absolute atomic E-state index is 14.4. The summed E-state index contributed by atoms with van der Waals surface area (Å²) < 4.78 is 19.8. The summed E-state index contributed by atoms with van der Waals surface area (Å²) in [6.07, 6.45) is 2.82. The summed E-state index contributed by atoms with van der Waals surface area (Å²) in [6, 6.07) is 14.6. The number of urea groups is 1. The highest BCUT2D eigenvalue weighted by molar-refractivity contribution is 5.94. The number of benzene rings is 2. The van der Waals surface area contributed by atoms with Gasteiger partial charge < -0.3 is 9.84 Å². The number of aromatic nitrogens is 2. The zero-order valence-electron chi connectivity index (χ0n) is 15.2. The molecule has 5 rings (SSSR count). The smallest absolute Gasteiger partial charge is 0.321 e. The summed E-state index contributed by atoms with van der Waals surface area (Å²) >= 11 is 0. The molecule has 6 nitrogen and oxygen atoms in total. The maximum atomic E-state index is 14.4. The van der Waals surface area contributed by atoms with Crippen LogP contribution in [0.2, 0.25) is 0 Å². The lowest BCUT2D eigenvalue weighted by Gasteiger charge is -2.14. The number of nitrogens with one attached hydrogen (secondary N) is 1. The molecule has 2 aromatic carbocycles. The molecule has 0 atom stereocenters. The molecule has 7 heteroatoms. The van der Waals surface area contributed by atoms with E-state index in [0.717, 1.165) is 12.8 Å². The molecule has 0 unspecified atom stereocenters. The highest BCUT2D eigenvalue weighted by Crippen LogP contribution is 2.50. The van der Waals surface area contributed by atoms with Crippen molar-refractivity contribution in [3.8, 4) is 11.5 Å². The number of amides is 2. The second-order valence-electron chi connectivity index (χ2n) is 7.39. The average molecular weight is 378 g/mol. The Morgan fingerprint density at radius 1 is 1.18 bits per heavy atom. The Kier molecular flexibility index (Phi) is 3.89. The first-order valence-electron chi connectivity index (χ1n) is 9.38. The van der Waals surface area contributed by atoms with Gasteiger partial charge in [-0.05, 0) is 36.6 Å². The number of halogens is 1. The van der Waals surface area contributed by atoms with Gasteiger partial charge >= 0.3 is 6.03 Å². The van der Waals surface area contributed by atoms with Crippen LogP contribution in [0.4, 0.5) is 14.9 Å². The van der Waals surface area contributed by atoms with E-state index in [-0.39, 0.29) is 22.9 Å². The van der Waals surface area contributed by atoms with Crippen LogP contribution in [-0.4, -0.2) is 29.3 Å². The number of nitrogens with zero attached hydrogens (tertiary/aromatic N) is 3. The quantitative estimate of drug-likeness (QED) is 0.735. The second kappa shape index (κ2) is 6.44. The SMILES string of the molecule is O=C1NCCN1c1ccc(F)c(-c2nc(CC3(c4ccccc4)CC3)no2)c1. The normalized spacial score (nSPS) is 17.6. The zero-order chi connectivity index (χ0) is 19.1. The lowest BCUT2D eigenvalue weighted by molar-refractivity contribution is 0.252. The molecule has 2 amide bonds. The van der Waals surface area contributed by atoms with Crippen molar-refractivity contribution >= 4 is 11.7 Å². The van der Waals surface area contributed by atoms with Gasteiger partial charge in [0.25, 0.3) is 5.89 Å². The largest absolute Gasteiger partial charge is 0.336 e. The van der Waals surface area contributed by atoms with Crippen molar-refractivity contribution in [3.05, 3.63) is 65.7 Å². The summed E-state index contributed by atoms with van der Waals surface area (Å²) in [5.74, 6) is 0.251. The van der Waals surface area contributed by atoms with E-state index in [1.54, 1.807) is 17.0 Å². The standard InChI is InChI=1S/C21H19FN4O2/c22-17-7-6-15(26-11-10-23-20(26)27)12-16(17)19-24-18(25-28-19)13-21(8-9-21)14-4-2-1-3-5-14/h1-7,12H,8-11,13H2,(H,23,27). The summed E-state index contributed by atoms with van der Waals surface area (Å²) in [5.41, 5.74) is 2.14. The van der Waals surface area contributed by atoms with Gasteiger partial charge in [0.2, 0.25) is 0 Å². The molecule has 2 fully saturated rings. The fourth-order valence-corrected chi connectivity index (χ4v) is 3.81. The van der Waals surface area contributed by atoms with Gasteiger partial charge in [-0.25, -0.2) is 9.18 Å². The number of carbonyl (C=O) groups excluding carboxylic acids is 1. The van der Waals surface area contributed by atoms with E-state index >= 15 is 0 Å². The molecule has 28 heavy (non-hydrogen) atoms. The van der Waals surface area contributed by atoms with E-state index in [2.05, 4.69) is 27.6 Å². The monoisotopic (exact) mass is 378 g/mol. The Balaban J connectivity index is 1.41. The number of anilines is 1. The minimum atomic E-state index is -0.456. The van der Waals surface area contributed by atoms with Crippen molar-refractivity contribution in [2.75, 3.05) is 18.0 Å². The Bertz CT molecular complexity index is 1030. The highest BCUT2D eigenvalue weighted by atomic mass is 19.1. The number of hydrogen-bond acceptors (Lipinski definition) is 4. The van der Waals surface area contributed by atoms with Crippen LogP contribution in [0.15, 0.2) is 53.1 Å². The molecule has 142 valence electrons. The van der Waals surface area contributed by atoms with E-state index in [1.807, 2.05) is 18.2 Å². The summed E-state index contributed by atoms with van der Waals surface area (Å²) in [4.78, 5) is 17.9. The first-order valence-corrected chi connectivity index (χ1v) is 9.38. The average Bonchev–Trinajstić information content (AvgIpc) is 3.13. The number of rotatable bonds is 5. The molecule has 1 saturated carbocycles. The summed E-state index contributed by atoms with van der Waals surface area (Å²) in [5, 5.41) is 6.82. The van der Waals surface area contributed by atoms with E-state index in [0.29, 0.717) is 31.0 Å². The van der Waals surface area contributed by atoms with E-state index < -0.39 is 5.82 Å². The molecule has 1 aliphatic heterocycles. The molecule has 2 aliphatic rings. The van der Waals surface area contributed by atoms with Crippen LogP contribution in [0.25, 0.3) is 11.5 Å². The van der Waals surface area contributed by atoms with Crippen LogP contribution in [0, 0.1) is 5.82 Å². The van der Waals surface area contributed by atoms with Gasteiger partial charge in [-0.1, -0.05) is 35.5 Å². The fourth-order valence-electron chi connectivity index (χ4n) is 3.81. The van der Waals surface area contributed by atoms with Crippen molar-refractivity contribution in [2.45, 2.75) is 24.7 Å². The molecular weight excluding hydrogens is 359 g/mol. The van der Waals surface area contributed by atoms with Gasteiger partial charge in [0.05, 0.1) is 5.56 Å². The van der Waals surface area contributed by atoms with Crippen molar-refractivity contribution in [3.63, 3.8) is 0 Å². The third kappa shape index (κ3) is 2.93. The van der Waals surface area contributed by atoms with Crippen molar-refractivity contribution in [1.82, 2.24) is 15.5 Å². The molecule has 1 aromatic heterocycles. The van der Waals surface area contributed by atoms with Crippen LogP contribution < -0.4 is 10.2 Å². The lowest BCUT2D eigenvalue weighted by Crippen LogP contribution is -2.27. The fraction of sp³-hybridized carbons (Fsp3) is 0.286. The minimum Gasteiger partial charge on any atom is -0.336 e. The predicted molar refractivity (Wildman–Crippen MR) is 101 cm³/mol. The van der Waals surface area contributed by atoms with Crippen LogP contribution in [0.5, 0.6) is 0 Å². The van der Waals surface area contributed by atoms with E-state index in [9.17, 15) is 9.18 Å². The van der Waals surface area contributed by atoms with Gasteiger partial charge in [0, 0.05) is 30.6 Å². The topological polar surface area (TPSA) is 71.3 Å². The molecular formula is C21H19FN4O2. The van der Waals surface area contributed by atoms with Gasteiger partial charge in [0.1, 0.15) is 5.82 Å². The minimum absolute atomic E-state index is 0.0520. The highest BCUT2D eigenvalue weighted by Gasteiger charge is 2.45. The van der Waals surface area contributed by atoms with Crippen LogP contribution in [-0.2, 0) is 11.8 Å². The third-order valence-electron chi connectivity index (χ3n) is 5.55. The van der Waals surface area contributed by atoms with Gasteiger partial charge in [-0.2, -0.15) is 4.98 Å². The van der Waals surface area contributed by atoms with Crippen molar-refractivity contribution in [1.29, 1.82) is 0 Å². The molecule has 1 aliphatic carbocycles. The molecule has 1 saturated heterocycles. The van der Waals surface area contributed by atoms with Crippen LogP contribution in [0.1, 0.15) is 24.2 Å². The first-order chi connectivity index (χ1) is 13.6. The third-order valence-corrected chi connectivity index (χ3v) is 5.55. The Morgan fingerprint density at radius 3 is 2.71 bits per heavy atom. The maximum Gasteiger partial charge on any atom is 0.321 e. The molecule has 3 aromatic rings. The van der Waals surface area contributed by atoms with Crippen LogP contribution >= 0.6 is 0 Å². The lowest BCUT2D eigenvalue weighted by atomic mass is 9.92. The number of hydrogen-bond donors (Lipinski definition) is 1. The first kappa shape index (κ1) is 16.9. The Morgan fingerprint density at radius 2 is 2.00 bits per heavy atom. The molecule has 1 N–H and O–H groups in total. The van der Waals surface area contributed by atoms with Gasteiger partial charge in [-0.15, -0.1) is 0 Å². The van der Waals surface area contributed by atoms with Crippen molar-refractivity contribution in [2.24, 2.45) is 0 Å². The Hall–Kier alpha value is -3.22. The summed E-state index contributed by atoms with van der Waals surface area (Å²) in [7, 11) is 0. The van der Waals surface area contributed by atoms with Gasteiger partial charge in [-0.3, -0.25) is 4.90 Å². The zero-order valence-corrected chi connectivity index (χ0v) is 15.2. The van der Waals surface area contributed by atoms with E-state index in [1.165, 1.54) is 11.6 Å². The van der Waals surface area contributed by atoms with E-state index in [4.69, 9.17) is 4.52 Å². The molecule has 0 radical (unpaired) electrons. The van der Waals surface area contributed by atoms with Crippen molar-refractivity contribution < 1.29 is 13.7 Å². The Labute approximate surface area is 161 Å². The second-order valence-corrected chi connectivity index (χ2v) is 7.39. The number of carbonyl (C=O) groups is 1. The molecule has 0 bridgehead atoms. The van der Waals surface area contributed by atoms with Gasteiger partial charge in [0.15, 0.2) is 5.82 Å². The van der Waals surface area contributed by atoms with Crippen LogP contribution in [0.3, 0.4) is 0 Å².